The molecular weight excluding hydrogens is 282 g/mol. The lowest BCUT2D eigenvalue weighted by atomic mass is 9.86. The van der Waals surface area contributed by atoms with Crippen molar-refractivity contribution in [2.75, 3.05) is 19.7 Å². The van der Waals surface area contributed by atoms with Crippen LogP contribution >= 0.6 is 12.4 Å². The number of hydrogen-bond donors (Lipinski definition) is 1. The molecule has 0 aliphatic carbocycles. The Morgan fingerprint density at radius 1 is 1.19 bits per heavy atom. The highest BCUT2D eigenvalue weighted by Crippen LogP contribution is 2.28. The Bertz CT molecular complexity index is 433. The molecule has 0 saturated carbocycles. The van der Waals surface area contributed by atoms with Gasteiger partial charge in [-0.15, -0.1) is 12.4 Å². The van der Waals surface area contributed by atoms with Gasteiger partial charge in [0.1, 0.15) is 5.75 Å². The molecule has 1 aromatic rings. The molecule has 1 aromatic carbocycles. The molecule has 2 nitrogen and oxygen atoms in total. The number of piperidine rings is 1. The lowest BCUT2D eigenvalue weighted by Gasteiger charge is -2.23. The Labute approximate surface area is 136 Å². The minimum absolute atomic E-state index is 0. The van der Waals surface area contributed by atoms with Crippen LogP contribution in [-0.4, -0.2) is 19.7 Å². The zero-order valence-electron chi connectivity index (χ0n) is 13.9. The van der Waals surface area contributed by atoms with Crippen molar-refractivity contribution < 1.29 is 4.74 Å². The van der Waals surface area contributed by atoms with Gasteiger partial charge in [0, 0.05) is 0 Å². The lowest BCUT2D eigenvalue weighted by molar-refractivity contribution is 0.250. The maximum atomic E-state index is 5.99. The predicted molar refractivity (Wildman–Crippen MR) is 92.8 cm³/mol. The molecule has 0 aromatic heterocycles. The van der Waals surface area contributed by atoms with Crippen molar-refractivity contribution in [3.8, 4) is 5.75 Å². The summed E-state index contributed by atoms with van der Waals surface area (Å²) < 4.78 is 5.99. The number of rotatable bonds is 4. The van der Waals surface area contributed by atoms with Gasteiger partial charge in [0.25, 0.3) is 0 Å². The fourth-order valence-corrected chi connectivity index (χ4v) is 2.78. The van der Waals surface area contributed by atoms with Gasteiger partial charge in [-0.2, -0.15) is 0 Å². The molecule has 0 spiro atoms. The number of aryl methyl sites for hydroxylation is 1. The van der Waals surface area contributed by atoms with Gasteiger partial charge in [0.2, 0.25) is 0 Å². The van der Waals surface area contributed by atoms with Crippen LogP contribution in [0.5, 0.6) is 5.75 Å². The Balaban J connectivity index is 0.00000220. The summed E-state index contributed by atoms with van der Waals surface area (Å²) in [6.07, 6.45) is 3.78. The third kappa shape index (κ3) is 5.52. The Morgan fingerprint density at radius 3 is 2.43 bits per heavy atom. The molecule has 1 N–H and O–H groups in total. The SMILES string of the molecule is Cc1cc(C(C)(C)C)ccc1OCCC1CCNCC1.Cl. The van der Waals surface area contributed by atoms with Gasteiger partial charge in [-0.05, 0) is 67.8 Å². The second-order valence-corrected chi connectivity index (χ2v) is 7.06. The number of halogens is 1. The molecular formula is C18H30ClNO. The number of benzene rings is 1. The summed E-state index contributed by atoms with van der Waals surface area (Å²) >= 11 is 0. The zero-order chi connectivity index (χ0) is 14.6. The van der Waals surface area contributed by atoms with E-state index in [1.807, 2.05) is 0 Å². The summed E-state index contributed by atoms with van der Waals surface area (Å²) in [6, 6.07) is 6.60. The summed E-state index contributed by atoms with van der Waals surface area (Å²) in [6.45, 7) is 12.1. The highest BCUT2D eigenvalue weighted by Gasteiger charge is 2.15. The fraction of sp³-hybridized carbons (Fsp3) is 0.667. The first-order valence-corrected chi connectivity index (χ1v) is 7.91. The minimum Gasteiger partial charge on any atom is -0.493 e. The van der Waals surface area contributed by atoms with Crippen molar-refractivity contribution in [3.05, 3.63) is 29.3 Å². The molecule has 1 aliphatic rings. The molecule has 3 heteroatoms. The number of hydrogen-bond acceptors (Lipinski definition) is 2. The quantitative estimate of drug-likeness (QED) is 0.885. The van der Waals surface area contributed by atoms with E-state index in [0.29, 0.717) is 0 Å². The van der Waals surface area contributed by atoms with E-state index in [1.54, 1.807) is 0 Å². The average molecular weight is 312 g/mol. The van der Waals surface area contributed by atoms with E-state index in [1.165, 1.54) is 43.5 Å². The van der Waals surface area contributed by atoms with Crippen LogP contribution in [0.15, 0.2) is 18.2 Å². The lowest BCUT2D eigenvalue weighted by Crippen LogP contribution is -2.28. The van der Waals surface area contributed by atoms with Gasteiger partial charge in [0.05, 0.1) is 6.61 Å². The van der Waals surface area contributed by atoms with Gasteiger partial charge >= 0.3 is 0 Å². The summed E-state index contributed by atoms with van der Waals surface area (Å²) in [7, 11) is 0. The third-order valence-electron chi connectivity index (χ3n) is 4.28. The summed E-state index contributed by atoms with van der Waals surface area (Å²) in [4.78, 5) is 0. The number of ether oxygens (including phenoxy) is 1. The largest absolute Gasteiger partial charge is 0.493 e. The fourth-order valence-electron chi connectivity index (χ4n) is 2.78. The summed E-state index contributed by atoms with van der Waals surface area (Å²) in [5.74, 6) is 1.89. The Kier molecular flexibility index (Phi) is 7.02. The molecule has 0 unspecified atom stereocenters. The molecule has 0 radical (unpaired) electrons. The summed E-state index contributed by atoms with van der Waals surface area (Å²) in [5.41, 5.74) is 2.83. The maximum Gasteiger partial charge on any atom is 0.122 e. The molecule has 1 heterocycles. The molecule has 1 aliphatic heterocycles. The standard InChI is InChI=1S/C18H29NO.ClH/c1-14-13-16(18(2,3)4)5-6-17(14)20-12-9-15-7-10-19-11-8-15;/h5-6,13,15,19H,7-12H2,1-4H3;1H. The van der Waals surface area contributed by atoms with E-state index < -0.39 is 0 Å². The van der Waals surface area contributed by atoms with Gasteiger partial charge in [-0.25, -0.2) is 0 Å². The Morgan fingerprint density at radius 2 is 1.86 bits per heavy atom. The van der Waals surface area contributed by atoms with E-state index in [9.17, 15) is 0 Å². The molecule has 2 rings (SSSR count). The van der Waals surface area contributed by atoms with E-state index in [2.05, 4.69) is 51.2 Å². The van der Waals surface area contributed by atoms with Crippen LogP contribution < -0.4 is 10.1 Å². The number of nitrogens with one attached hydrogen (secondary N) is 1. The topological polar surface area (TPSA) is 21.3 Å². The smallest absolute Gasteiger partial charge is 0.122 e. The van der Waals surface area contributed by atoms with Gasteiger partial charge in [-0.3, -0.25) is 0 Å². The second-order valence-electron chi connectivity index (χ2n) is 7.06. The third-order valence-corrected chi connectivity index (χ3v) is 4.28. The van der Waals surface area contributed by atoms with Crippen molar-refractivity contribution in [1.82, 2.24) is 5.32 Å². The van der Waals surface area contributed by atoms with Crippen molar-refractivity contribution in [3.63, 3.8) is 0 Å². The van der Waals surface area contributed by atoms with Crippen LogP contribution in [0.4, 0.5) is 0 Å². The van der Waals surface area contributed by atoms with Crippen LogP contribution in [0, 0.1) is 12.8 Å². The van der Waals surface area contributed by atoms with Crippen molar-refractivity contribution in [2.24, 2.45) is 5.92 Å². The van der Waals surface area contributed by atoms with Crippen LogP contribution in [-0.2, 0) is 5.41 Å². The molecule has 1 fully saturated rings. The van der Waals surface area contributed by atoms with Crippen LogP contribution in [0.3, 0.4) is 0 Å². The highest BCUT2D eigenvalue weighted by atomic mass is 35.5. The average Bonchev–Trinajstić information content (AvgIpc) is 2.40. The molecule has 0 amide bonds. The van der Waals surface area contributed by atoms with Crippen molar-refractivity contribution in [2.45, 2.75) is 52.4 Å². The van der Waals surface area contributed by atoms with Gasteiger partial charge < -0.3 is 10.1 Å². The van der Waals surface area contributed by atoms with Gasteiger partial charge in [0.15, 0.2) is 0 Å². The van der Waals surface area contributed by atoms with Gasteiger partial charge in [-0.1, -0.05) is 32.9 Å². The molecule has 0 bridgehead atoms. The van der Waals surface area contributed by atoms with Crippen molar-refractivity contribution >= 4 is 12.4 Å². The first-order chi connectivity index (χ1) is 9.47. The molecule has 120 valence electrons. The first-order valence-electron chi connectivity index (χ1n) is 7.91. The zero-order valence-corrected chi connectivity index (χ0v) is 14.7. The van der Waals surface area contributed by atoms with E-state index >= 15 is 0 Å². The van der Waals surface area contributed by atoms with E-state index in [0.717, 1.165) is 18.3 Å². The first kappa shape index (κ1) is 18.3. The Hall–Kier alpha value is -0.730. The second kappa shape index (κ2) is 8.05. The van der Waals surface area contributed by atoms with E-state index in [4.69, 9.17) is 4.74 Å². The normalized spacial score (nSPS) is 16.4. The van der Waals surface area contributed by atoms with E-state index in [-0.39, 0.29) is 17.8 Å². The maximum absolute atomic E-state index is 5.99. The van der Waals surface area contributed by atoms with Crippen LogP contribution in [0.2, 0.25) is 0 Å². The predicted octanol–water partition coefficient (Wildman–Crippen LogP) is 4.48. The highest BCUT2D eigenvalue weighted by molar-refractivity contribution is 5.85. The molecule has 21 heavy (non-hydrogen) atoms. The van der Waals surface area contributed by atoms with Crippen LogP contribution in [0.25, 0.3) is 0 Å². The van der Waals surface area contributed by atoms with Crippen LogP contribution in [0.1, 0.15) is 51.2 Å². The van der Waals surface area contributed by atoms with Crippen molar-refractivity contribution in [1.29, 1.82) is 0 Å². The minimum atomic E-state index is 0. The monoisotopic (exact) mass is 311 g/mol. The summed E-state index contributed by atoms with van der Waals surface area (Å²) in [5, 5.41) is 3.41. The molecule has 0 atom stereocenters. The molecule has 1 saturated heterocycles.